The summed E-state index contributed by atoms with van der Waals surface area (Å²) in [4.78, 5) is -2.27. The number of rotatable bonds is 4. The first-order chi connectivity index (χ1) is 14.3. The Morgan fingerprint density at radius 3 is 2.03 bits per heavy atom. The number of alkyl halides is 3. The molecule has 0 amide bonds. The van der Waals surface area contributed by atoms with Gasteiger partial charge in [0.15, 0.2) is 40.1 Å². The summed E-state index contributed by atoms with van der Waals surface area (Å²) in [5, 5.41) is 0. The fourth-order valence-electron chi connectivity index (χ4n) is 3.95. The second-order valence-corrected chi connectivity index (χ2v) is 8.95. The minimum atomic E-state index is -5.93. The summed E-state index contributed by atoms with van der Waals surface area (Å²) in [5.74, 6) is -12.4. The summed E-state index contributed by atoms with van der Waals surface area (Å²) in [6.45, 7) is 0.757. The lowest BCUT2D eigenvalue weighted by Gasteiger charge is -2.48. The van der Waals surface area contributed by atoms with E-state index in [1.807, 2.05) is 0 Å². The van der Waals surface area contributed by atoms with E-state index in [9.17, 15) is 39.2 Å². The van der Waals surface area contributed by atoms with E-state index in [1.54, 1.807) is 0 Å². The van der Waals surface area contributed by atoms with E-state index in [-0.39, 0.29) is 32.5 Å². The van der Waals surface area contributed by atoms with Crippen molar-refractivity contribution >= 4 is 10.1 Å². The highest BCUT2D eigenvalue weighted by Crippen LogP contribution is 2.47. The molecule has 1 aliphatic heterocycles. The van der Waals surface area contributed by atoms with E-state index in [4.69, 9.17) is 9.47 Å². The minimum absolute atomic E-state index is 0.0180. The van der Waals surface area contributed by atoms with Crippen molar-refractivity contribution in [2.24, 2.45) is 5.92 Å². The third-order valence-electron chi connectivity index (χ3n) is 5.45. The molecule has 31 heavy (non-hydrogen) atoms. The van der Waals surface area contributed by atoms with E-state index >= 15 is 0 Å². The third-order valence-corrected chi connectivity index (χ3v) is 6.77. The first kappa shape index (κ1) is 24.2. The molecule has 0 radical (unpaired) electrons. The normalized spacial score (nSPS) is 23.2. The van der Waals surface area contributed by atoms with Crippen molar-refractivity contribution in [1.29, 1.82) is 0 Å². The van der Waals surface area contributed by atoms with Crippen LogP contribution in [0.4, 0.5) is 30.7 Å². The maximum atomic E-state index is 14.2. The topological polar surface area (TPSA) is 61.8 Å². The largest absolute Gasteiger partial charge is 0.416 e. The van der Waals surface area contributed by atoms with Crippen LogP contribution in [0, 0.1) is 36.1 Å². The fraction of sp³-hybridized carbons (Fsp3) is 0.667. The van der Waals surface area contributed by atoms with Crippen LogP contribution in [0.15, 0.2) is 4.90 Å². The summed E-state index contributed by atoms with van der Waals surface area (Å²) in [6, 6.07) is 0. The maximum Gasteiger partial charge on any atom is 0.416 e. The van der Waals surface area contributed by atoms with Gasteiger partial charge in [0.25, 0.3) is 0 Å². The highest BCUT2D eigenvalue weighted by atomic mass is 32.2. The van der Waals surface area contributed by atoms with E-state index in [1.165, 1.54) is 0 Å². The average Bonchev–Trinajstić information content (AvgIpc) is 2.69. The first-order valence-electron chi connectivity index (χ1n) is 9.42. The van der Waals surface area contributed by atoms with Gasteiger partial charge in [-0.05, 0) is 26.2 Å². The zero-order chi connectivity index (χ0) is 23.2. The van der Waals surface area contributed by atoms with Gasteiger partial charge in [-0.15, -0.1) is 0 Å². The van der Waals surface area contributed by atoms with Gasteiger partial charge in [0, 0.05) is 17.9 Å². The van der Waals surface area contributed by atoms with Crippen LogP contribution in [0.3, 0.4) is 0 Å². The van der Waals surface area contributed by atoms with Crippen molar-refractivity contribution in [2.75, 3.05) is 13.2 Å². The van der Waals surface area contributed by atoms with Gasteiger partial charge in [0.05, 0.1) is 13.2 Å². The highest BCUT2D eigenvalue weighted by molar-refractivity contribution is 7.86. The molecule has 176 valence electrons. The molecule has 2 atom stereocenters. The van der Waals surface area contributed by atoms with Gasteiger partial charge in [0.2, 0.25) is 0 Å². The molecule has 1 heterocycles. The van der Waals surface area contributed by atoms with Crippen LogP contribution < -0.4 is 0 Å². The molecule has 1 aromatic rings. The Hall–Kier alpha value is -1.44. The quantitative estimate of drug-likeness (QED) is 0.361. The molecule has 5 nitrogen and oxygen atoms in total. The van der Waals surface area contributed by atoms with Crippen molar-refractivity contribution < 1.29 is 52.8 Å². The SMILES string of the molecule is Cc1c(F)c(F)c(S(=O)(=O)OC(C2CCCCC23OCCCO3)C(F)(F)F)c(F)c1F. The van der Waals surface area contributed by atoms with Crippen molar-refractivity contribution in [3.8, 4) is 0 Å². The second kappa shape index (κ2) is 8.49. The zero-order valence-corrected chi connectivity index (χ0v) is 17.0. The number of benzene rings is 1. The predicted octanol–water partition coefficient (Wildman–Crippen LogP) is 4.51. The molecule has 2 fully saturated rings. The summed E-state index contributed by atoms with van der Waals surface area (Å²) in [5.41, 5.74) is -1.17. The molecule has 1 aliphatic carbocycles. The molecular formula is C18H19F7O5S. The van der Waals surface area contributed by atoms with Crippen molar-refractivity contribution in [3.05, 3.63) is 28.8 Å². The minimum Gasteiger partial charge on any atom is -0.349 e. The highest BCUT2D eigenvalue weighted by Gasteiger charge is 2.58. The molecule has 0 aromatic heterocycles. The summed E-state index contributed by atoms with van der Waals surface area (Å²) in [7, 11) is -5.93. The third kappa shape index (κ3) is 4.41. The predicted molar refractivity (Wildman–Crippen MR) is 90.3 cm³/mol. The molecule has 1 saturated carbocycles. The first-order valence-corrected chi connectivity index (χ1v) is 10.8. The fourth-order valence-corrected chi connectivity index (χ4v) is 5.18. The standard InChI is InChI=1S/C18H19F7O5S/c1-9-11(19)13(21)15(14(22)12(9)20)31(26,27)30-16(18(23,24)25)10-5-2-3-6-17(10)28-7-4-8-29-17/h10,16H,2-8H2,1H3. The van der Waals surface area contributed by atoms with Crippen LogP contribution in [0.5, 0.6) is 0 Å². The smallest absolute Gasteiger partial charge is 0.349 e. The van der Waals surface area contributed by atoms with E-state index in [0.717, 1.165) is 0 Å². The molecule has 1 aromatic carbocycles. The maximum absolute atomic E-state index is 14.2. The van der Waals surface area contributed by atoms with Crippen LogP contribution in [0.25, 0.3) is 0 Å². The molecule has 2 aliphatic rings. The molecular weight excluding hydrogens is 461 g/mol. The zero-order valence-electron chi connectivity index (χ0n) is 16.2. The Balaban J connectivity index is 2.06. The lowest BCUT2D eigenvalue weighted by molar-refractivity contribution is -0.337. The number of hydrogen-bond donors (Lipinski definition) is 0. The molecule has 1 saturated heterocycles. The lowest BCUT2D eigenvalue weighted by atomic mass is 9.79. The van der Waals surface area contributed by atoms with E-state index in [2.05, 4.69) is 4.18 Å². The average molecular weight is 480 g/mol. The van der Waals surface area contributed by atoms with Gasteiger partial charge in [-0.25, -0.2) is 17.6 Å². The monoisotopic (exact) mass is 480 g/mol. The van der Waals surface area contributed by atoms with Crippen molar-refractivity contribution in [2.45, 2.75) is 62.0 Å². The van der Waals surface area contributed by atoms with Gasteiger partial charge in [-0.1, -0.05) is 6.42 Å². The number of ether oxygens (including phenoxy) is 2. The summed E-state index contributed by atoms with van der Waals surface area (Å²) in [6.07, 6.45) is -7.56. The van der Waals surface area contributed by atoms with E-state index < -0.39 is 67.8 Å². The number of hydrogen-bond acceptors (Lipinski definition) is 5. The molecule has 2 unspecified atom stereocenters. The van der Waals surface area contributed by atoms with Gasteiger partial charge >= 0.3 is 16.3 Å². The molecule has 0 N–H and O–H groups in total. The molecule has 13 heteroatoms. The molecule has 0 bridgehead atoms. The summed E-state index contributed by atoms with van der Waals surface area (Å²) >= 11 is 0. The van der Waals surface area contributed by atoms with Gasteiger partial charge < -0.3 is 9.47 Å². The van der Waals surface area contributed by atoms with Crippen LogP contribution in [-0.2, 0) is 23.8 Å². The van der Waals surface area contributed by atoms with Crippen LogP contribution >= 0.6 is 0 Å². The lowest BCUT2D eigenvalue weighted by Crippen LogP contribution is -2.57. The van der Waals surface area contributed by atoms with Crippen molar-refractivity contribution in [3.63, 3.8) is 0 Å². The second-order valence-electron chi connectivity index (χ2n) is 7.44. The summed E-state index contributed by atoms with van der Waals surface area (Å²) < 4.78 is 138. The molecule has 1 spiro atoms. The Labute approximate surface area is 173 Å². The Morgan fingerprint density at radius 1 is 0.968 bits per heavy atom. The Kier molecular flexibility index (Phi) is 6.63. The van der Waals surface area contributed by atoms with E-state index in [0.29, 0.717) is 19.8 Å². The van der Waals surface area contributed by atoms with Crippen LogP contribution in [-0.4, -0.2) is 39.7 Å². The Morgan fingerprint density at radius 2 is 1.52 bits per heavy atom. The molecule has 3 rings (SSSR count). The van der Waals surface area contributed by atoms with Gasteiger partial charge in [-0.3, -0.25) is 4.18 Å². The van der Waals surface area contributed by atoms with Gasteiger partial charge in [-0.2, -0.15) is 21.6 Å². The number of halogens is 7. The van der Waals surface area contributed by atoms with Crippen LogP contribution in [0.1, 0.15) is 37.7 Å². The van der Waals surface area contributed by atoms with Gasteiger partial charge in [0.1, 0.15) is 0 Å². The van der Waals surface area contributed by atoms with Crippen molar-refractivity contribution in [1.82, 2.24) is 0 Å². The Bertz CT molecular complexity index is 904. The van der Waals surface area contributed by atoms with Crippen LogP contribution in [0.2, 0.25) is 0 Å².